The van der Waals surface area contributed by atoms with Crippen molar-refractivity contribution in [2.75, 3.05) is 13.2 Å². The molecule has 4 N–H and O–H groups in total. The highest BCUT2D eigenvalue weighted by atomic mass is 16.4. The zero-order valence-electron chi connectivity index (χ0n) is 10.2. The molecule has 0 radical (unpaired) electrons. The van der Waals surface area contributed by atoms with Crippen LogP contribution in [0.2, 0.25) is 0 Å². The van der Waals surface area contributed by atoms with E-state index >= 15 is 0 Å². The fraction of sp³-hybridized carbons (Fsp3) is 0.500. The quantitative estimate of drug-likeness (QED) is 0.305. The number of oxime groups is 1. The molecule has 2 heterocycles. The Balaban J connectivity index is 2.10. The summed E-state index contributed by atoms with van der Waals surface area (Å²) in [5, 5.41) is 20.8. The number of pyridine rings is 1. The van der Waals surface area contributed by atoms with Gasteiger partial charge in [0.05, 0.1) is 6.61 Å². The lowest BCUT2D eigenvalue weighted by atomic mass is 10.2. The predicted molar refractivity (Wildman–Crippen MR) is 67.3 cm³/mol. The van der Waals surface area contributed by atoms with E-state index in [9.17, 15) is 5.11 Å². The lowest BCUT2D eigenvalue weighted by Crippen LogP contribution is -2.31. The number of hydrogen-bond donors (Lipinski definition) is 3. The molecule has 1 saturated heterocycles. The van der Waals surface area contributed by atoms with Gasteiger partial charge in [-0.2, -0.15) is 0 Å². The van der Waals surface area contributed by atoms with E-state index in [-0.39, 0.29) is 18.5 Å². The van der Waals surface area contributed by atoms with Gasteiger partial charge in [0.1, 0.15) is 5.69 Å². The summed E-state index contributed by atoms with van der Waals surface area (Å²) in [5.41, 5.74) is 7.02. The Kier molecular flexibility index (Phi) is 4.11. The average Bonchev–Trinajstić information content (AvgIpc) is 2.85. The number of rotatable bonds is 4. The Morgan fingerprint density at radius 1 is 1.61 bits per heavy atom. The van der Waals surface area contributed by atoms with Crippen LogP contribution in [0, 0.1) is 0 Å². The fourth-order valence-corrected chi connectivity index (χ4v) is 2.31. The van der Waals surface area contributed by atoms with E-state index in [1.54, 1.807) is 6.20 Å². The summed E-state index contributed by atoms with van der Waals surface area (Å²) in [6, 6.07) is 3.95. The Morgan fingerprint density at radius 2 is 2.44 bits per heavy atom. The van der Waals surface area contributed by atoms with Gasteiger partial charge in [-0.1, -0.05) is 5.16 Å². The van der Waals surface area contributed by atoms with Crippen LogP contribution in [0.4, 0.5) is 0 Å². The summed E-state index contributed by atoms with van der Waals surface area (Å²) in [5.74, 6) is 0.0111. The van der Waals surface area contributed by atoms with Gasteiger partial charge >= 0.3 is 0 Å². The highest BCUT2D eigenvalue weighted by Crippen LogP contribution is 2.19. The van der Waals surface area contributed by atoms with Crippen LogP contribution in [-0.4, -0.2) is 45.2 Å². The predicted octanol–water partition coefficient (Wildman–Crippen LogP) is 0.133. The molecule has 1 aromatic rings. The Bertz CT molecular complexity index is 436. The Morgan fingerprint density at radius 3 is 3.17 bits per heavy atom. The summed E-state index contributed by atoms with van der Waals surface area (Å²) < 4.78 is 0. The van der Waals surface area contributed by atoms with Crippen molar-refractivity contribution in [1.82, 2.24) is 9.88 Å². The molecule has 6 heteroatoms. The molecular weight excluding hydrogens is 232 g/mol. The summed E-state index contributed by atoms with van der Waals surface area (Å²) >= 11 is 0. The first-order valence-corrected chi connectivity index (χ1v) is 6.02. The van der Waals surface area contributed by atoms with Crippen molar-refractivity contribution in [2.45, 2.75) is 25.4 Å². The number of aliphatic hydroxyl groups is 1. The van der Waals surface area contributed by atoms with Gasteiger partial charge in [-0.3, -0.25) is 9.88 Å². The van der Waals surface area contributed by atoms with Crippen LogP contribution < -0.4 is 5.73 Å². The molecule has 0 aromatic carbocycles. The van der Waals surface area contributed by atoms with Crippen molar-refractivity contribution < 1.29 is 10.3 Å². The van der Waals surface area contributed by atoms with E-state index in [4.69, 9.17) is 10.9 Å². The maximum absolute atomic E-state index is 9.27. The van der Waals surface area contributed by atoms with Crippen molar-refractivity contribution in [3.63, 3.8) is 0 Å². The second kappa shape index (κ2) is 5.79. The molecule has 0 spiro atoms. The van der Waals surface area contributed by atoms with E-state index in [1.165, 1.54) is 0 Å². The topological polar surface area (TPSA) is 95.0 Å². The smallest absolute Gasteiger partial charge is 0.188 e. The minimum atomic E-state index is 0.0111. The van der Waals surface area contributed by atoms with Crippen LogP contribution in [-0.2, 0) is 6.54 Å². The van der Waals surface area contributed by atoms with Crippen LogP contribution >= 0.6 is 0 Å². The molecule has 1 fully saturated rings. The molecule has 6 nitrogen and oxygen atoms in total. The zero-order chi connectivity index (χ0) is 13.0. The van der Waals surface area contributed by atoms with Gasteiger partial charge < -0.3 is 16.0 Å². The molecule has 1 aliphatic rings. The zero-order valence-corrected chi connectivity index (χ0v) is 10.2. The minimum Gasteiger partial charge on any atom is -0.409 e. The van der Waals surface area contributed by atoms with E-state index in [2.05, 4.69) is 15.0 Å². The summed E-state index contributed by atoms with van der Waals surface area (Å²) in [6.45, 7) is 1.93. The maximum atomic E-state index is 9.27. The van der Waals surface area contributed by atoms with E-state index in [0.29, 0.717) is 5.69 Å². The van der Waals surface area contributed by atoms with Crippen LogP contribution in [0.5, 0.6) is 0 Å². The lowest BCUT2D eigenvalue weighted by molar-refractivity contribution is 0.153. The number of hydrogen-bond acceptors (Lipinski definition) is 5. The standard InChI is InChI=1S/C12H18N4O2/c13-12(15-18)11-6-9(3-4-14-11)7-16-5-1-2-10(16)8-17/h3-4,6,10,17-18H,1-2,5,7-8H2,(H2,13,15). The SMILES string of the molecule is NC(=NO)c1cc(CN2CCCC2CO)ccn1. The van der Waals surface area contributed by atoms with Crippen LogP contribution in [0.15, 0.2) is 23.5 Å². The molecule has 1 atom stereocenters. The molecule has 1 unspecified atom stereocenters. The van der Waals surface area contributed by atoms with E-state index in [1.807, 2.05) is 12.1 Å². The number of nitrogens with zero attached hydrogens (tertiary/aromatic N) is 3. The number of amidine groups is 1. The molecule has 1 aliphatic heterocycles. The normalized spacial score (nSPS) is 21.4. The third-order valence-electron chi connectivity index (χ3n) is 3.29. The molecule has 0 saturated carbocycles. The first kappa shape index (κ1) is 12.8. The molecule has 0 amide bonds. The van der Waals surface area contributed by atoms with Crippen molar-refractivity contribution in [1.29, 1.82) is 0 Å². The Labute approximate surface area is 106 Å². The summed E-state index contributed by atoms with van der Waals surface area (Å²) in [7, 11) is 0. The molecular formula is C12H18N4O2. The van der Waals surface area contributed by atoms with Gasteiger partial charge in [0.25, 0.3) is 0 Å². The second-order valence-corrected chi connectivity index (χ2v) is 4.48. The van der Waals surface area contributed by atoms with Crippen molar-refractivity contribution >= 4 is 5.84 Å². The maximum Gasteiger partial charge on any atom is 0.188 e. The largest absolute Gasteiger partial charge is 0.409 e. The molecule has 1 aromatic heterocycles. The number of aromatic nitrogens is 1. The highest BCUT2D eigenvalue weighted by molar-refractivity contribution is 5.95. The minimum absolute atomic E-state index is 0.0111. The van der Waals surface area contributed by atoms with Crippen molar-refractivity contribution in [3.05, 3.63) is 29.6 Å². The van der Waals surface area contributed by atoms with Crippen LogP contribution in [0.3, 0.4) is 0 Å². The third kappa shape index (κ3) is 2.77. The number of aliphatic hydroxyl groups excluding tert-OH is 1. The van der Waals surface area contributed by atoms with Gasteiger partial charge in [-0.25, -0.2) is 0 Å². The molecule has 2 rings (SSSR count). The highest BCUT2D eigenvalue weighted by Gasteiger charge is 2.23. The summed E-state index contributed by atoms with van der Waals surface area (Å²) in [4.78, 5) is 6.28. The first-order valence-electron chi connectivity index (χ1n) is 6.02. The molecule has 18 heavy (non-hydrogen) atoms. The monoisotopic (exact) mass is 250 g/mol. The van der Waals surface area contributed by atoms with Gasteiger partial charge in [-0.15, -0.1) is 0 Å². The van der Waals surface area contributed by atoms with Crippen molar-refractivity contribution in [2.24, 2.45) is 10.9 Å². The molecule has 0 bridgehead atoms. The van der Waals surface area contributed by atoms with Gasteiger partial charge in [0.15, 0.2) is 5.84 Å². The third-order valence-corrected chi connectivity index (χ3v) is 3.29. The van der Waals surface area contributed by atoms with Crippen LogP contribution in [0.1, 0.15) is 24.1 Å². The summed E-state index contributed by atoms with van der Waals surface area (Å²) in [6.07, 6.45) is 3.80. The van der Waals surface area contributed by atoms with Crippen LogP contribution in [0.25, 0.3) is 0 Å². The van der Waals surface area contributed by atoms with Gasteiger partial charge in [0.2, 0.25) is 0 Å². The molecule has 98 valence electrons. The van der Waals surface area contributed by atoms with Gasteiger partial charge in [-0.05, 0) is 37.1 Å². The number of likely N-dealkylation sites (tertiary alicyclic amines) is 1. The van der Waals surface area contributed by atoms with E-state index < -0.39 is 0 Å². The van der Waals surface area contributed by atoms with E-state index in [0.717, 1.165) is 31.5 Å². The van der Waals surface area contributed by atoms with Gasteiger partial charge in [0, 0.05) is 18.8 Å². The molecule has 0 aliphatic carbocycles. The second-order valence-electron chi connectivity index (χ2n) is 4.48. The lowest BCUT2D eigenvalue weighted by Gasteiger charge is -2.22. The Hall–Kier alpha value is -1.66. The fourth-order valence-electron chi connectivity index (χ4n) is 2.31. The average molecular weight is 250 g/mol. The first-order chi connectivity index (χ1) is 8.74. The van der Waals surface area contributed by atoms with Crippen molar-refractivity contribution in [3.8, 4) is 0 Å². The number of nitrogens with two attached hydrogens (primary N) is 1.